The van der Waals surface area contributed by atoms with E-state index >= 15 is 0 Å². The molecule has 5 rings (SSSR count). The molecule has 204 valence electrons. The number of ketones is 1. The number of fused-ring (bicyclic) bond motifs is 2. The molecule has 1 aliphatic carbocycles. The predicted molar refractivity (Wildman–Crippen MR) is 140 cm³/mol. The van der Waals surface area contributed by atoms with Crippen LogP contribution >= 0.6 is 0 Å². The lowest BCUT2D eigenvalue weighted by Crippen LogP contribution is -2.52. The lowest BCUT2D eigenvalue weighted by Gasteiger charge is -2.40. The maximum atomic E-state index is 14.2. The number of pyridine rings is 1. The van der Waals surface area contributed by atoms with Crippen LogP contribution in [0.5, 0.6) is 5.75 Å². The first-order valence-corrected chi connectivity index (χ1v) is 13.0. The number of aliphatic hydroxyl groups is 1. The van der Waals surface area contributed by atoms with Crippen molar-refractivity contribution >= 4 is 11.7 Å². The number of carbonyl (C=O) groups is 2. The molecular weight excluding hydrogens is 506 g/mol. The molecule has 1 aromatic heterocycles. The van der Waals surface area contributed by atoms with Gasteiger partial charge in [0.25, 0.3) is 5.91 Å². The van der Waals surface area contributed by atoms with Gasteiger partial charge in [0.2, 0.25) is 5.43 Å². The number of aliphatic hydroxyl groups excluding tert-OH is 1. The fourth-order valence-corrected chi connectivity index (χ4v) is 5.40. The number of aryl methyl sites for hydroxylation is 1. The van der Waals surface area contributed by atoms with Gasteiger partial charge in [-0.2, -0.15) is 0 Å². The molecule has 3 aromatic rings. The zero-order valence-electron chi connectivity index (χ0n) is 21.8. The van der Waals surface area contributed by atoms with E-state index in [0.717, 1.165) is 17.7 Å². The zero-order valence-corrected chi connectivity index (χ0v) is 21.8. The molecule has 0 radical (unpaired) electrons. The monoisotopic (exact) mass is 536 g/mol. The molecule has 1 spiro atoms. The molecule has 1 amide bonds. The van der Waals surface area contributed by atoms with Crippen LogP contribution < -0.4 is 10.2 Å². The van der Waals surface area contributed by atoms with Crippen LogP contribution in [0.1, 0.15) is 58.7 Å². The van der Waals surface area contributed by atoms with Crippen molar-refractivity contribution < 1.29 is 28.2 Å². The number of Topliss-reactive ketones (excluding diaryl/α,β-unsaturated/α-hetero) is 1. The smallest absolute Gasteiger partial charge is 0.274 e. The summed E-state index contributed by atoms with van der Waals surface area (Å²) in [5.74, 6) is -2.78. The highest BCUT2D eigenvalue weighted by atomic mass is 19.1. The zero-order chi connectivity index (χ0) is 27.9. The molecule has 39 heavy (non-hydrogen) atoms. The molecule has 2 aliphatic rings. The van der Waals surface area contributed by atoms with Gasteiger partial charge in [0.1, 0.15) is 18.2 Å². The highest BCUT2D eigenvalue weighted by molar-refractivity contribution is 6.00. The van der Waals surface area contributed by atoms with E-state index in [1.165, 1.54) is 12.3 Å². The third-order valence-corrected chi connectivity index (χ3v) is 7.76. The average molecular weight is 537 g/mol. The van der Waals surface area contributed by atoms with Crippen molar-refractivity contribution in [2.45, 2.75) is 51.3 Å². The molecule has 2 atom stereocenters. The third kappa shape index (κ3) is 4.87. The molecule has 7 nitrogen and oxygen atoms in total. The maximum absolute atomic E-state index is 14.2. The van der Waals surface area contributed by atoms with Crippen LogP contribution in [0, 0.1) is 17.6 Å². The van der Waals surface area contributed by atoms with Gasteiger partial charge in [0.05, 0.1) is 11.1 Å². The topological polar surface area (TPSA) is 88.8 Å². The maximum Gasteiger partial charge on any atom is 0.274 e. The number of amides is 1. The molecule has 1 saturated carbocycles. The molecule has 9 heteroatoms. The van der Waals surface area contributed by atoms with E-state index in [1.807, 2.05) is 44.2 Å². The fourth-order valence-electron chi connectivity index (χ4n) is 5.40. The van der Waals surface area contributed by atoms with E-state index in [2.05, 4.69) is 0 Å². The van der Waals surface area contributed by atoms with Crippen LogP contribution in [-0.4, -0.2) is 45.5 Å². The molecule has 0 saturated heterocycles. The van der Waals surface area contributed by atoms with Crippen LogP contribution in [0.15, 0.2) is 59.5 Å². The Balaban J connectivity index is 1.58. The summed E-state index contributed by atoms with van der Waals surface area (Å²) in [6, 6.07) is 12.1. The largest absolute Gasteiger partial charge is 0.483 e. The Morgan fingerprint density at radius 3 is 2.54 bits per heavy atom. The first-order valence-electron chi connectivity index (χ1n) is 13.0. The number of halogens is 2. The van der Waals surface area contributed by atoms with Gasteiger partial charge in [-0.3, -0.25) is 14.4 Å². The van der Waals surface area contributed by atoms with Crippen LogP contribution in [0.4, 0.5) is 8.78 Å². The number of carbonyl (C=O) groups excluding carboxylic acids is 2. The van der Waals surface area contributed by atoms with Crippen molar-refractivity contribution in [1.29, 1.82) is 0 Å². The van der Waals surface area contributed by atoms with E-state index in [1.54, 1.807) is 9.47 Å². The predicted octanol–water partition coefficient (Wildman–Crippen LogP) is 4.09. The Bertz CT molecular complexity index is 1490. The number of nitrogens with zero attached hydrogens (tertiary/aromatic N) is 2. The summed E-state index contributed by atoms with van der Waals surface area (Å²) in [4.78, 5) is 42.4. The molecule has 1 aliphatic heterocycles. The second-order valence-corrected chi connectivity index (χ2v) is 10.6. The van der Waals surface area contributed by atoms with E-state index in [4.69, 9.17) is 4.74 Å². The average Bonchev–Trinajstić information content (AvgIpc) is 3.63. The van der Waals surface area contributed by atoms with E-state index in [9.17, 15) is 28.3 Å². The Morgan fingerprint density at radius 1 is 1.15 bits per heavy atom. The quantitative estimate of drug-likeness (QED) is 0.416. The van der Waals surface area contributed by atoms with Crippen molar-refractivity contribution in [2.24, 2.45) is 5.92 Å². The minimum Gasteiger partial charge on any atom is -0.483 e. The molecule has 2 heterocycles. The van der Waals surface area contributed by atoms with Gasteiger partial charge in [0, 0.05) is 43.8 Å². The molecule has 1 fully saturated rings. The summed E-state index contributed by atoms with van der Waals surface area (Å²) in [5, 5.41) is 10.0. The number of hydrogen-bond acceptors (Lipinski definition) is 5. The molecule has 1 N–H and O–H groups in total. The Labute approximate surface area is 224 Å². The second-order valence-electron chi connectivity index (χ2n) is 10.6. The van der Waals surface area contributed by atoms with Crippen molar-refractivity contribution in [1.82, 2.24) is 9.47 Å². The van der Waals surface area contributed by atoms with Crippen molar-refractivity contribution in [3.8, 4) is 5.75 Å². The summed E-state index contributed by atoms with van der Waals surface area (Å²) in [6.45, 7) is 3.99. The van der Waals surface area contributed by atoms with Gasteiger partial charge in [-0.15, -0.1) is 0 Å². The van der Waals surface area contributed by atoms with Gasteiger partial charge in [-0.05, 0) is 43.9 Å². The molecule has 2 aromatic carbocycles. The van der Waals surface area contributed by atoms with Crippen LogP contribution in [0.25, 0.3) is 0 Å². The second kappa shape index (κ2) is 10.4. The number of aromatic nitrogens is 1. The number of benzene rings is 2. The van der Waals surface area contributed by atoms with Gasteiger partial charge < -0.3 is 19.3 Å². The first kappa shape index (κ1) is 26.7. The highest BCUT2D eigenvalue weighted by Gasteiger charge is 2.60. The van der Waals surface area contributed by atoms with Gasteiger partial charge in [-0.1, -0.05) is 36.4 Å². The van der Waals surface area contributed by atoms with Crippen LogP contribution in [0.3, 0.4) is 0 Å². The standard InChI is InChI=1S/C30H30F2N2O5/c1-18(2)33-17-30(13-21(30)15-35)34-14-23(25(36)11-9-20-8-10-22(31)12-24(20)32)27(37)28(26(34)29(33)38)39-16-19-6-4-3-5-7-19/h3-8,10,12,14,18,21,35H,9,11,13,15-17H2,1-2H3/t21-,30-/m1/s1. The lowest BCUT2D eigenvalue weighted by molar-refractivity contribution is 0.0548. The summed E-state index contributed by atoms with van der Waals surface area (Å²) >= 11 is 0. The van der Waals surface area contributed by atoms with Crippen molar-refractivity contribution in [3.63, 3.8) is 0 Å². The fraction of sp³-hybridized carbons (Fsp3) is 0.367. The first-order chi connectivity index (χ1) is 18.7. The molecular formula is C30H30F2N2O5. The number of rotatable bonds is 9. The SMILES string of the molecule is CC(C)N1C[C@@]2(C[C@@H]2CO)n2cc(C(=O)CCc3ccc(F)cc3F)c(=O)c(OCc3ccccc3)c2C1=O. The Hall–Kier alpha value is -3.85. The summed E-state index contributed by atoms with van der Waals surface area (Å²) in [6.07, 6.45) is 1.75. The van der Waals surface area contributed by atoms with Gasteiger partial charge >= 0.3 is 0 Å². The van der Waals surface area contributed by atoms with Crippen molar-refractivity contribution in [3.05, 3.63) is 99.0 Å². The van der Waals surface area contributed by atoms with Gasteiger partial charge in [-0.25, -0.2) is 8.78 Å². The summed E-state index contributed by atoms with van der Waals surface area (Å²) in [5.41, 5.74) is -0.551. The minimum absolute atomic E-state index is 0.00685. The van der Waals surface area contributed by atoms with E-state index in [-0.39, 0.29) is 66.5 Å². The number of hydrogen-bond donors (Lipinski definition) is 1. The summed E-state index contributed by atoms with van der Waals surface area (Å²) < 4.78 is 35.1. The Kier molecular flexibility index (Phi) is 7.11. The third-order valence-electron chi connectivity index (χ3n) is 7.76. The van der Waals surface area contributed by atoms with Gasteiger partial charge in [0.15, 0.2) is 17.2 Å². The van der Waals surface area contributed by atoms with E-state index < -0.39 is 28.4 Å². The van der Waals surface area contributed by atoms with Crippen LogP contribution in [-0.2, 0) is 18.6 Å². The number of ether oxygens (including phenoxy) is 1. The highest BCUT2D eigenvalue weighted by Crippen LogP contribution is 2.54. The Morgan fingerprint density at radius 2 is 1.90 bits per heavy atom. The van der Waals surface area contributed by atoms with Crippen molar-refractivity contribution in [2.75, 3.05) is 13.2 Å². The molecule has 0 bridgehead atoms. The van der Waals surface area contributed by atoms with Crippen LogP contribution in [0.2, 0.25) is 0 Å². The van der Waals surface area contributed by atoms with E-state index in [0.29, 0.717) is 13.0 Å². The normalized spacial score (nSPS) is 19.9. The molecule has 0 unspecified atom stereocenters. The minimum atomic E-state index is -0.765. The lowest BCUT2D eigenvalue weighted by atomic mass is 9.99. The summed E-state index contributed by atoms with van der Waals surface area (Å²) in [7, 11) is 0.